The normalized spacial score (nSPS) is 18.6. The molecule has 1 aromatic rings. The first-order valence-electron chi connectivity index (χ1n) is 5.86. The lowest BCUT2D eigenvalue weighted by molar-refractivity contribution is -0.384. The van der Waals surface area contributed by atoms with Gasteiger partial charge in [-0.05, 0) is 31.4 Å². The molecule has 1 atom stereocenters. The molecule has 0 amide bonds. The smallest absolute Gasteiger partial charge is 0.326 e. The van der Waals surface area contributed by atoms with Gasteiger partial charge in [0.25, 0.3) is 5.69 Å². The van der Waals surface area contributed by atoms with E-state index in [0.29, 0.717) is 24.9 Å². The standard InChI is InChI=1S/C12H13FN2O4/c1-7-5-8(13)11(10(6-7)15(18)19)14-4-2-3-9(14)12(16)17/h5-6,9H,2-4H2,1H3,(H,16,17). The van der Waals surface area contributed by atoms with Crippen molar-refractivity contribution in [3.8, 4) is 0 Å². The van der Waals surface area contributed by atoms with Gasteiger partial charge < -0.3 is 10.0 Å². The van der Waals surface area contributed by atoms with Crippen LogP contribution in [0.1, 0.15) is 18.4 Å². The van der Waals surface area contributed by atoms with Gasteiger partial charge >= 0.3 is 5.97 Å². The molecule has 19 heavy (non-hydrogen) atoms. The van der Waals surface area contributed by atoms with Gasteiger partial charge in [-0.3, -0.25) is 10.1 Å². The zero-order valence-corrected chi connectivity index (χ0v) is 10.3. The number of nitro benzene ring substituents is 1. The lowest BCUT2D eigenvalue weighted by Gasteiger charge is -2.23. The van der Waals surface area contributed by atoms with Gasteiger partial charge in [-0.15, -0.1) is 0 Å². The van der Waals surface area contributed by atoms with Crippen molar-refractivity contribution >= 4 is 17.3 Å². The summed E-state index contributed by atoms with van der Waals surface area (Å²) in [4.78, 5) is 22.7. The number of hydrogen-bond acceptors (Lipinski definition) is 4. The van der Waals surface area contributed by atoms with Crippen LogP contribution in [0.4, 0.5) is 15.8 Å². The fraction of sp³-hybridized carbons (Fsp3) is 0.417. The van der Waals surface area contributed by atoms with Crippen LogP contribution < -0.4 is 4.90 Å². The first-order valence-corrected chi connectivity index (χ1v) is 5.86. The molecule has 1 aliphatic heterocycles. The van der Waals surface area contributed by atoms with E-state index >= 15 is 0 Å². The summed E-state index contributed by atoms with van der Waals surface area (Å²) in [5.74, 6) is -1.84. The summed E-state index contributed by atoms with van der Waals surface area (Å²) in [6, 6.07) is 1.53. The molecule has 1 fully saturated rings. The lowest BCUT2D eigenvalue weighted by atomic mass is 10.1. The van der Waals surface area contributed by atoms with Gasteiger partial charge in [-0.25, -0.2) is 9.18 Å². The van der Waals surface area contributed by atoms with Gasteiger partial charge in [0.1, 0.15) is 6.04 Å². The Morgan fingerprint density at radius 1 is 1.58 bits per heavy atom. The molecule has 1 N–H and O–H groups in total. The fourth-order valence-corrected chi connectivity index (χ4v) is 2.43. The maximum atomic E-state index is 14.0. The quantitative estimate of drug-likeness (QED) is 0.670. The SMILES string of the molecule is Cc1cc(F)c(N2CCCC2C(=O)O)c([N+](=O)[O-])c1. The number of carboxylic acid groups (broad SMARTS) is 1. The van der Waals surface area contributed by atoms with Gasteiger partial charge in [-0.1, -0.05) is 0 Å². The van der Waals surface area contributed by atoms with Crippen molar-refractivity contribution in [3.63, 3.8) is 0 Å². The van der Waals surface area contributed by atoms with E-state index in [2.05, 4.69) is 0 Å². The summed E-state index contributed by atoms with van der Waals surface area (Å²) in [6.07, 6.45) is 0.932. The highest BCUT2D eigenvalue weighted by atomic mass is 19.1. The van der Waals surface area contributed by atoms with Crippen LogP contribution in [0.15, 0.2) is 12.1 Å². The Kier molecular flexibility index (Phi) is 3.37. The molecular formula is C12H13FN2O4. The topological polar surface area (TPSA) is 83.7 Å². The van der Waals surface area contributed by atoms with Gasteiger partial charge in [-0.2, -0.15) is 0 Å². The summed E-state index contributed by atoms with van der Waals surface area (Å²) < 4.78 is 14.0. The first kappa shape index (κ1) is 13.3. The van der Waals surface area contributed by atoms with Crippen molar-refractivity contribution in [3.05, 3.63) is 33.6 Å². The zero-order valence-electron chi connectivity index (χ0n) is 10.3. The fourth-order valence-electron chi connectivity index (χ4n) is 2.43. The van der Waals surface area contributed by atoms with Crippen molar-refractivity contribution in [2.45, 2.75) is 25.8 Å². The Morgan fingerprint density at radius 2 is 2.26 bits per heavy atom. The monoisotopic (exact) mass is 268 g/mol. The Balaban J connectivity index is 2.55. The molecule has 2 rings (SSSR count). The van der Waals surface area contributed by atoms with Crippen LogP contribution in [-0.4, -0.2) is 28.6 Å². The molecule has 1 aromatic carbocycles. The van der Waals surface area contributed by atoms with E-state index in [1.165, 1.54) is 17.0 Å². The first-order chi connectivity index (χ1) is 8.91. The number of carboxylic acids is 1. The summed E-state index contributed by atoms with van der Waals surface area (Å²) >= 11 is 0. The molecule has 0 radical (unpaired) electrons. The van der Waals surface area contributed by atoms with Gasteiger partial charge in [0, 0.05) is 12.6 Å². The number of carbonyl (C=O) groups is 1. The van der Waals surface area contributed by atoms with Crippen LogP contribution in [0.3, 0.4) is 0 Å². The Bertz CT molecular complexity index is 547. The van der Waals surface area contributed by atoms with Crippen molar-refractivity contribution in [1.29, 1.82) is 0 Å². The second-order valence-corrected chi connectivity index (χ2v) is 4.56. The van der Waals surface area contributed by atoms with Gasteiger partial charge in [0.05, 0.1) is 4.92 Å². The van der Waals surface area contributed by atoms with Crippen molar-refractivity contribution in [2.24, 2.45) is 0 Å². The molecule has 0 saturated carbocycles. The van der Waals surface area contributed by atoms with E-state index in [1.807, 2.05) is 0 Å². The van der Waals surface area contributed by atoms with Crippen molar-refractivity contribution in [1.82, 2.24) is 0 Å². The average Bonchev–Trinajstić information content (AvgIpc) is 2.76. The molecule has 0 bridgehead atoms. The zero-order chi connectivity index (χ0) is 14.2. The Hall–Kier alpha value is -2.18. The molecule has 102 valence electrons. The van der Waals surface area contributed by atoms with Gasteiger partial charge in [0.2, 0.25) is 0 Å². The predicted octanol–water partition coefficient (Wildman–Crippen LogP) is 2.10. The minimum absolute atomic E-state index is 0.222. The second kappa shape index (κ2) is 4.83. The van der Waals surface area contributed by atoms with Crippen LogP contribution in [0, 0.1) is 22.9 Å². The summed E-state index contributed by atoms with van der Waals surface area (Å²) in [6.45, 7) is 1.86. The van der Waals surface area contributed by atoms with Crippen molar-refractivity contribution < 1.29 is 19.2 Å². The summed E-state index contributed by atoms with van der Waals surface area (Å²) in [7, 11) is 0. The minimum atomic E-state index is -1.09. The van der Waals surface area contributed by atoms with E-state index in [-0.39, 0.29) is 11.4 Å². The van der Waals surface area contributed by atoms with E-state index in [1.54, 1.807) is 6.92 Å². The van der Waals surface area contributed by atoms with E-state index in [4.69, 9.17) is 5.11 Å². The van der Waals surface area contributed by atoms with E-state index in [0.717, 1.165) is 0 Å². The highest BCUT2D eigenvalue weighted by Crippen LogP contribution is 2.36. The minimum Gasteiger partial charge on any atom is -0.480 e. The van der Waals surface area contributed by atoms with Crippen molar-refractivity contribution in [2.75, 3.05) is 11.4 Å². The Morgan fingerprint density at radius 3 is 2.84 bits per heavy atom. The number of halogens is 1. The highest BCUT2D eigenvalue weighted by molar-refractivity contribution is 5.81. The number of hydrogen-bond donors (Lipinski definition) is 1. The molecule has 6 nitrogen and oxygen atoms in total. The molecule has 1 unspecified atom stereocenters. The molecule has 1 aliphatic rings. The number of benzene rings is 1. The summed E-state index contributed by atoms with van der Waals surface area (Å²) in [5, 5.41) is 20.1. The van der Waals surface area contributed by atoms with E-state index in [9.17, 15) is 19.3 Å². The van der Waals surface area contributed by atoms with Crippen LogP contribution in [-0.2, 0) is 4.79 Å². The molecule has 7 heteroatoms. The number of aryl methyl sites for hydroxylation is 1. The third-order valence-electron chi connectivity index (χ3n) is 3.21. The largest absolute Gasteiger partial charge is 0.480 e. The Labute approximate surface area is 108 Å². The number of rotatable bonds is 3. The molecule has 1 heterocycles. The lowest BCUT2D eigenvalue weighted by Crippen LogP contribution is -2.36. The number of nitrogens with zero attached hydrogens (tertiary/aromatic N) is 2. The van der Waals surface area contributed by atoms with Gasteiger partial charge in [0.15, 0.2) is 11.5 Å². The summed E-state index contributed by atoms with van der Waals surface area (Å²) in [5.41, 5.74) is -0.176. The third-order valence-corrected chi connectivity index (χ3v) is 3.21. The van der Waals surface area contributed by atoms with Crippen LogP contribution in [0.2, 0.25) is 0 Å². The van der Waals surface area contributed by atoms with Crippen LogP contribution >= 0.6 is 0 Å². The molecule has 1 saturated heterocycles. The number of aliphatic carboxylic acids is 1. The second-order valence-electron chi connectivity index (χ2n) is 4.56. The molecular weight excluding hydrogens is 255 g/mol. The van der Waals surface area contributed by atoms with Crippen LogP contribution in [0.5, 0.6) is 0 Å². The number of nitro groups is 1. The molecule has 0 aliphatic carbocycles. The predicted molar refractivity (Wildman–Crippen MR) is 65.8 cm³/mol. The molecule has 0 spiro atoms. The van der Waals surface area contributed by atoms with E-state index < -0.39 is 22.8 Å². The number of anilines is 1. The average molecular weight is 268 g/mol. The maximum absolute atomic E-state index is 14.0. The maximum Gasteiger partial charge on any atom is 0.326 e. The molecule has 0 aromatic heterocycles. The highest BCUT2D eigenvalue weighted by Gasteiger charge is 2.36. The third kappa shape index (κ3) is 2.35. The van der Waals surface area contributed by atoms with Crippen LogP contribution in [0.25, 0.3) is 0 Å².